The van der Waals surface area contributed by atoms with Gasteiger partial charge in [-0.15, -0.1) is 0 Å². The number of ether oxygens (including phenoxy) is 1. The monoisotopic (exact) mass is 290 g/mol. The minimum Gasteiger partial charge on any atom is -0.477 e. The summed E-state index contributed by atoms with van der Waals surface area (Å²) in [5.74, 6) is 0.541. The van der Waals surface area contributed by atoms with Gasteiger partial charge < -0.3 is 15.4 Å². The fourth-order valence-corrected chi connectivity index (χ4v) is 2.96. The largest absolute Gasteiger partial charge is 0.477 e. The molecule has 116 valence electrons. The second-order valence-corrected chi connectivity index (χ2v) is 6.35. The van der Waals surface area contributed by atoms with Gasteiger partial charge in [0, 0.05) is 5.92 Å². The van der Waals surface area contributed by atoms with Crippen LogP contribution < -0.4 is 10.5 Å². The lowest BCUT2D eigenvalue weighted by molar-refractivity contribution is -0.138. The molecule has 0 radical (unpaired) electrons. The first-order valence-corrected chi connectivity index (χ1v) is 7.58. The highest BCUT2D eigenvalue weighted by Gasteiger charge is 2.43. The third-order valence-corrected chi connectivity index (χ3v) is 4.86. The van der Waals surface area contributed by atoms with Gasteiger partial charge in [-0.1, -0.05) is 12.1 Å². The second kappa shape index (κ2) is 6.06. The Morgan fingerprint density at radius 2 is 1.95 bits per heavy atom. The van der Waals surface area contributed by atoms with Crippen LogP contribution in [0.1, 0.15) is 30.9 Å². The predicted octanol–water partition coefficient (Wildman–Crippen LogP) is 2.27. The van der Waals surface area contributed by atoms with Crippen LogP contribution in [0.3, 0.4) is 0 Å². The SMILES string of the molecule is Cc1cccc(OC(C)(C(N)=O)C2CCN(C)CC2)c1C. The molecule has 0 aromatic heterocycles. The second-order valence-electron chi connectivity index (χ2n) is 6.35. The lowest BCUT2D eigenvalue weighted by atomic mass is 9.81. The Kier molecular flexibility index (Phi) is 4.57. The molecule has 21 heavy (non-hydrogen) atoms. The molecule has 1 saturated heterocycles. The molecule has 1 aromatic rings. The molecule has 0 saturated carbocycles. The van der Waals surface area contributed by atoms with Crippen LogP contribution in [0.4, 0.5) is 0 Å². The molecule has 1 atom stereocenters. The number of hydrogen-bond acceptors (Lipinski definition) is 3. The number of amides is 1. The topological polar surface area (TPSA) is 55.6 Å². The van der Waals surface area contributed by atoms with Crippen LogP contribution in [-0.4, -0.2) is 36.5 Å². The van der Waals surface area contributed by atoms with E-state index in [1.807, 2.05) is 39.0 Å². The van der Waals surface area contributed by atoms with E-state index in [9.17, 15) is 4.79 Å². The molecule has 4 heteroatoms. The van der Waals surface area contributed by atoms with E-state index in [0.717, 1.165) is 42.8 Å². The molecule has 2 N–H and O–H groups in total. The number of benzene rings is 1. The van der Waals surface area contributed by atoms with E-state index in [1.165, 1.54) is 0 Å². The lowest BCUT2D eigenvalue weighted by Crippen LogP contribution is -2.54. The number of hydrogen-bond donors (Lipinski definition) is 1. The Morgan fingerprint density at radius 3 is 2.52 bits per heavy atom. The van der Waals surface area contributed by atoms with Crippen LogP contribution >= 0.6 is 0 Å². The molecule has 2 rings (SSSR count). The van der Waals surface area contributed by atoms with Crippen LogP contribution in [-0.2, 0) is 4.79 Å². The van der Waals surface area contributed by atoms with Crippen LogP contribution in [0.25, 0.3) is 0 Å². The highest BCUT2D eigenvalue weighted by Crippen LogP contribution is 2.34. The van der Waals surface area contributed by atoms with Gasteiger partial charge in [-0.2, -0.15) is 0 Å². The number of rotatable bonds is 4. The summed E-state index contributed by atoms with van der Waals surface area (Å²) in [6.07, 6.45) is 1.86. The summed E-state index contributed by atoms with van der Waals surface area (Å²) < 4.78 is 6.16. The summed E-state index contributed by atoms with van der Waals surface area (Å²) >= 11 is 0. The van der Waals surface area contributed by atoms with Crippen LogP contribution in [0.2, 0.25) is 0 Å². The fourth-order valence-electron chi connectivity index (χ4n) is 2.96. The normalized spacial score (nSPS) is 20.0. The van der Waals surface area contributed by atoms with Gasteiger partial charge in [0.05, 0.1) is 0 Å². The van der Waals surface area contributed by atoms with Gasteiger partial charge in [0.2, 0.25) is 0 Å². The van der Waals surface area contributed by atoms with Crippen molar-refractivity contribution in [3.63, 3.8) is 0 Å². The number of likely N-dealkylation sites (tertiary alicyclic amines) is 1. The molecule has 1 aromatic carbocycles. The van der Waals surface area contributed by atoms with Crippen LogP contribution in [0, 0.1) is 19.8 Å². The summed E-state index contributed by atoms with van der Waals surface area (Å²) in [6.45, 7) is 7.85. The molecule has 0 bridgehead atoms. The maximum atomic E-state index is 12.1. The summed E-state index contributed by atoms with van der Waals surface area (Å²) in [4.78, 5) is 14.4. The van der Waals surface area contributed by atoms with E-state index in [0.29, 0.717) is 0 Å². The van der Waals surface area contributed by atoms with E-state index in [4.69, 9.17) is 10.5 Å². The van der Waals surface area contributed by atoms with Crippen molar-refractivity contribution in [3.05, 3.63) is 29.3 Å². The van der Waals surface area contributed by atoms with Crippen molar-refractivity contribution in [2.24, 2.45) is 11.7 Å². The van der Waals surface area contributed by atoms with Gasteiger partial charge in [-0.3, -0.25) is 4.79 Å². The van der Waals surface area contributed by atoms with E-state index in [2.05, 4.69) is 11.9 Å². The molecule has 1 amide bonds. The van der Waals surface area contributed by atoms with Gasteiger partial charge in [-0.25, -0.2) is 0 Å². The Morgan fingerprint density at radius 1 is 1.33 bits per heavy atom. The Balaban J connectivity index is 2.26. The number of carbonyl (C=O) groups excluding carboxylic acids is 1. The smallest absolute Gasteiger partial charge is 0.261 e. The number of aryl methyl sites for hydroxylation is 1. The zero-order valence-electron chi connectivity index (χ0n) is 13.5. The fraction of sp³-hybridized carbons (Fsp3) is 0.588. The van der Waals surface area contributed by atoms with Crippen molar-refractivity contribution in [3.8, 4) is 5.75 Å². The van der Waals surface area contributed by atoms with Crippen LogP contribution in [0.5, 0.6) is 5.75 Å². The van der Waals surface area contributed by atoms with Gasteiger partial charge in [0.1, 0.15) is 5.75 Å². The highest BCUT2D eigenvalue weighted by molar-refractivity contribution is 5.84. The van der Waals surface area contributed by atoms with E-state index >= 15 is 0 Å². The standard InChI is InChI=1S/C17H26N2O2/c1-12-6-5-7-15(13(12)2)21-17(3,16(18)20)14-8-10-19(4)11-9-14/h5-7,14H,8-11H2,1-4H3,(H2,18,20). The zero-order valence-corrected chi connectivity index (χ0v) is 13.5. The van der Waals surface area contributed by atoms with Gasteiger partial charge in [0.25, 0.3) is 5.91 Å². The number of nitrogens with two attached hydrogens (primary N) is 1. The summed E-state index contributed by atoms with van der Waals surface area (Å²) in [5, 5.41) is 0. The van der Waals surface area contributed by atoms with Crippen molar-refractivity contribution in [2.45, 2.75) is 39.2 Å². The number of primary amides is 1. The third kappa shape index (κ3) is 3.21. The van der Waals surface area contributed by atoms with Gasteiger partial charge in [0.15, 0.2) is 5.60 Å². The third-order valence-electron chi connectivity index (χ3n) is 4.86. The van der Waals surface area contributed by atoms with Gasteiger partial charge in [-0.05, 0) is 70.9 Å². The van der Waals surface area contributed by atoms with Crippen molar-refractivity contribution >= 4 is 5.91 Å². The first-order chi connectivity index (χ1) is 9.84. The minimum absolute atomic E-state index is 0.158. The Hall–Kier alpha value is -1.55. The Labute approximate surface area is 127 Å². The maximum Gasteiger partial charge on any atom is 0.261 e. The lowest BCUT2D eigenvalue weighted by Gasteiger charge is -2.40. The quantitative estimate of drug-likeness (QED) is 0.925. The first kappa shape index (κ1) is 15.8. The molecular formula is C17H26N2O2. The summed E-state index contributed by atoms with van der Waals surface area (Å²) in [5.41, 5.74) is 6.97. The molecule has 0 spiro atoms. The van der Waals surface area contributed by atoms with E-state index in [1.54, 1.807) is 0 Å². The molecular weight excluding hydrogens is 264 g/mol. The van der Waals surface area contributed by atoms with Crippen molar-refractivity contribution < 1.29 is 9.53 Å². The predicted molar refractivity (Wildman–Crippen MR) is 84.4 cm³/mol. The number of nitrogens with zero attached hydrogens (tertiary/aromatic N) is 1. The molecule has 4 nitrogen and oxygen atoms in total. The zero-order chi connectivity index (χ0) is 15.6. The maximum absolute atomic E-state index is 12.1. The van der Waals surface area contributed by atoms with Crippen molar-refractivity contribution in [1.29, 1.82) is 0 Å². The molecule has 1 aliphatic heterocycles. The molecule has 1 unspecified atom stereocenters. The molecule has 1 aliphatic rings. The molecule has 1 fully saturated rings. The van der Waals surface area contributed by atoms with Gasteiger partial charge >= 0.3 is 0 Å². The summed E-state index contributed by atoms with van der Waals surface area (Å²) in [7, 11) is 2.10. The Bertz CT molecular complexity index is 522. The molecule has 1 heterocycles. The van der Waals surface area contributed by atoms with Crippen LogP contribution in [0.15, 0.2) is 18.2 Å². The van der Waals surface area contributed by atoms with Crippen molar-refractivity contribution in [2.75, 3.05) is 20.1 Å². The first-order valence-electron chi connectivity index (χ1n) is 7.58. The summed E-state index contributed by atoms with van der Waals surface area (Å²) in [6, 6.07) is 5.91. The highest BCUT2D eigenvalue weighted by atomic mass is 16.5. The van der Waals surface area contributed by atoms with E-state index in [-0.39, 0.29) is 11.8 Å². The van der Waals surface area contributed by atoms with Crippen molar-refractivity contribution in [1.82, 2.24) is 4.90 Å². The average molecular weight is 290 g/mol. The number of carbonyl (C=O) groups is 1. The minimum atomic E-state index is -0.945. The van der Waals surface area contributed by atoms with E-state index < -0.39 is 5.60 Å². The average Bonchev–Trinajstić information content (AvgIpc) is 2.44. The molecule has 0 aliphatic carbocycles. The number of piperidine rings is 1.